The highest BCUT2D eigenvalue weighted by atomic mass is 32.1. The third kappa shape index (κ3) is 8.54. The van der Waals surface area contributed by atoms with Crippen LogP contribution in [-0.4, -0.2) is 56.3 Å². The summed E-state index contributed by atoms with van der Waals surface area (Å²) in [5.41, 5.74) is 9.59. The molecule has 1 aliphatic carbocycles. The Bertz CT molecular complexity index is 525. The van der Waals surface area contributed by atoms with Crippen molar-refractivity contribution < 1.29 is 0 Å². The summed E-state index contributed by atoms with van der Waals surface area (Å²) in [5.74, 6) is 0. The topological polar surface area (TPSA) is 52.3 Å². The second-order valence-corrected chi connectivity index (χ2v) is 8.99. The quantitative estimate of drug-likeness (QED) is 0.312. The minimum Gasteiger partial charge on any atom is -0.233 e. The van der Waals surface area contributed by atoms with E-state index in [1.807, 2.05) is 22.6 Å². The van der Waals surface area contributed by atoms with Gasteiger partial charge in [-0.2, -0.15) is 8.83 Å². The van der Waals surface area contributed by atoms with Gasteiger partial charge in [0, 0.05) is 41.3 Å². The molecule has 3 aliphatic rings. The van der Waals surface area contributed by atoms with E-state index in [0.29, 0.717) is 12.6 Å². The Kier molecular flexibility index (Phi) is 11.2. The monoisotopic (exact) mass is 466 g/mol. The molecule has 2 heterocycles. The van der Waals surface area contributed by atoms with Crippen molar-refractivity contribution in [3.8, 4) is 0 Å². The molecular formula is C16H34N8S4. The zero-order valence-corrected chi connectivity index (χ0v) is 20.2. The smallest absolute Gasteiger partial charge is 0.0583 e. The Hall–Kier alpha value is 0.240. The molecule has 0 bridgehead atoms. The maximum atomic E-state index is 4.35. The number of rotatable bonds is 5. The summed E-state index contributed by atoms with van der Waals surface area (Å²) in [5, 5.41) is 5.90. The first kappa shape index (κ1) is 24.5. The summed E-state index contributed by atoms with van der Waals surface area (Å²) in [6.45, 7) is 7.54. The molecule has 0 atom stereocenters. The van der Waals surface area contributed by atoms with Crippen molar-refractivity contribution >= 4 is 50.9 Å². The summed E-state index contributed by atoms with van der Waals surface area (Å²) < 4.78 is 3.40. The van der Waals surface area contributed by atoms with Gasteiger partial charge in [0.05, 0.1) is 13.1 Å². The largest absolute Gasteiger partial charge is 0.233 e. The molecule has 8 nitrogen and oxygen atoms in total. The van der Waals surface area contributed by atoms with Gasteiger partial charge >= 0.3 is 0 Å². The third-order valence-electron chi connectivity index (χ3n) is 4.58. The van der Waals surface area contributed by atoms with Crippen LogP contribution in [0.15, 0.2) is 22.2 Å². The van der Waals surface area contributed by atoms with Gasteiger partial charge in [-0.25, -0.2) is 20.7 Å². The van der Waals surface area contributed by atoms with E-state index in [1.165, 1.54) is 32.1 Å². The Morgan fingerprint density at radius 2 is 1.54 bits per heavy atom. The van der Waals surface area contributed by atoms with Gasteiger partial charge in [-0.15, -0.1) is 36.3 Å². The molecule has 2 aliphatic heterocycles. The van der Waals surface area contributed by atoms with E-state index >= 15 is 0 Å². The number of hydrogen-bond acceptors (Lipinski definition) is 12. The molecular weight excluding hydrogens is 433 g/mol. The molecule has 12 heteroatoms. The van der Waals surface area contributed by atoms with Crippen molar-refractivity contribution in [2.24, 2.45) is 0 Å². The van der Waals surface area contributed by atoms with E-state index in [4.69, 9.17) is 0 Å². The van der Waals surface area contributed by atoms with Gasteiger partial charge in [-0.05, 0) is 12.8 Å². The number of hydrogen-bond donors (Lipinski definition) is 7. The average Bonchev–Trinajstić information content (AvgIpc) is 2.62. The van der Waals surface area contributed by atoms with Crippen molar-refractivity contribution in [2.45, 2.75) is 52.0 Å². The SMILES string of the molecule is CCN(CC)N1C=C(S)CN(S)N1.SC1=CN(NC2CCCCC2)NN(S)C1. The molecule has 0 aromatic heterocycles. The fraction of sp³-hybridized carbons (Fsp3) is 0.750. The van der Waals surface area contributed by atoms with Crippen LogP contribution in [0, 0.1) is 0 Å². The highest BCUT2D eigenvalue weighted by molar-refractivity contribution is 7.84. The lowest BCUT2D eigenvalue weighted by Crippen LogP contribution is -2.56. The molecule has 0 radical (unpaired) electrons. The van der Waals surface area contributed by atoms with E-state index < -0.39 is 0 Å². The first-order valence-corrected chi connectivity index (χ1v) is 11.4. The molecule has 1 fully saturated rings. The summed E-state index contributed by atoms with van der Waals surface area (Å²) >= 11 is 17.1. The normalized spacial score (nSPS) is 22.7. The lowest BCUT2D eigenvalue weighted by Gasteiger charge is -2.38. The number of nitrogens with zero attached hydrogens (tertiary/aromatic N) is 5. The molecule has 3 N–H and O–H groups in total. The summed E-state index contributed by atoms with van der Waals surface area (Å²) in [7, 11) is 0. The summed E-state index contributed by atoms with van der Waals surface area (Å²) in [6, 6.07) is 0.573. The fourth-order valence-electron chi connectivity index (χ4n) is 3.22. The van der Waals surface area contributed by atoms with Crippen molar-refractivity contribution in [1.29, 1.82) is 0 Å². The van der Waals surface area contributed by atoms with E-state index in [9.17, 15) is 0 Å². The molecule has 162 valence electrons. The van der Waals surface area contributed by atoms with E-state index in [0.717, 1.165) is 29.4 Å². The van der Waals surface area contributed by atoms with E-state index in [1.54, 1.807) is 8.83 Å². The van der Waals surface area contributed by atoms with Crippen LogP contribution in [0.25, 0.3) is 0 Å². The maximum absolute atomic E-state index is 4.35. The summed E-state index contributed by atoms with van der Waals surface area (Å²) in [6.07, 6.45) is 10.5. The van der Waals surface area contributed by atoms with Crippen LogP contribution >= 0.6 is 50.9 Å². The number of hydrazine groups is 6. The van der Waals surface area contributed by atoms with Crippen LogP contribution in [0.4, 0.5) is 0 Å². The lowest BCUT2D eigenvalue weighted by molar-refractivity contribution is -0.0637. The Balaban J connectivity index is 0.000000203. The van der Waals surface area contributed by atoms with Crippen LogP contribution < -0.4 is 16.5 Å². The van der Waals surface area contributed by atoms with Crippen molar-refractivity contribution in [1.82, 2.24) is 40.6 Å². The molecule has 1 saturated carbocycles. The van der Waals surface area contributed by atoms with Crippen molar-refractivity contribution in [3.63, 3.8) is 0 Å². The Morgan fingerprint density at radius 1 is 0.964 bits per heavy atom. The maximum Gasteiger partial charge on any atom is 0.0583 e. The van der Waals surface area contributed by atoms with Gasteiger partial charge in [0.15, 0.2) is 0 Å². The first-order valence-electron chi connectivity index (χ1n) is 9.75. The van der Waals surface area contributed by atoms with Crippen LogP contribution in [0.3, 0.4) is 0 Å². The van der Waals surface area contributed by atoms with Gasteiger partial charge < -0.3 is 0 Å². The van der Waals surface area contributed by atoms with E-state index in [2.05, 4.69) is 86.2 Å². The van der Waals surface area contributed by atoms with Gasteiger partial charge in [0.25, 0.3) is 0 Å². The first-order chi connectivity index (χ1) is 13.4. The molecule has 0 unspecified atom stereocenters. The third-order valence-corrected chi connectivity index (χ3v) is 5.55. The highest BCUT2D eigenvalue weighted by Crippen LogP contribution is 2.18. The minimum atomic E-state index is 0.573. The van der Waals surface area contributed by atoms with Crippen molar-refractivity contribution in [3.05, 3.63) is 22.2 Å². The molecule has 0 aromatic carbocycles. The zero-order valence-electron chi connectivity index (χ0n) is 16.6. The van der Waals surface area contributed by atoms with Crippen LogP contribution in [-0.2, 0) is 0 Å². The van der Waals surface area contributed by atoms with Gasteiger partial charge in [0.2, 0.25) is 0 Å². The van der Waals surface area contributed by atoms with Gasteiger partial charge in [-0.3, -0.25) is 0 Å². The zero-order chi connectivity index (χ0) is 20.5. The molecule has 0 amide bonds. The molecule has 0 spiro atoms. The molecule has 0 aromatic rings. The predicted octanol–water partition coefficient (Wildman–Crippen LogP) is 2.37. The molecule has 28 heavy (non-hydrogen) atoms. The second kappa shape index (κ2) is 12.8. The number of thiol groups is 4. The van der Waals surface area contributed by atoms with Crippen LogP contribution in [0.2, 0.25) is 0 Å². The molecule has 0 saturated heterocycles. The van der Waals surface area contributed by atoms with Crippen LogP contribution in [0.1, 0.15) is 46.0 Å². The second-order valence-electron chi connectivity index (χ2n) is 6.87. The van der Waals surface area contributed by atoms with Gasteiger partial charge in [-0.1, -0.05) is 58.7 Å². The number of nitrogens with one attached hydrogen (secondary N) is 3. The minimum absolute atomic E-state index is 0.573. The predicted molar refractivity (Wildman–Crippen MR) is 128 cm³/mol. The van der Waals surface area contributed by atoms with Crippen molar-refractivity contribution in [2.75, 3.05) is 26.2 Å². The van der Waals surface area contributed by atoms with Gasteiger partial charge in [0.1, 0.15) is 0 Å². The fourth-order valence-corrected chi connectivity index (χ4v) is 4.44. The highest BCUT2D eigenvalue weighted by Gasteiger charge is 2.19. The van der Waals surface area contributed by atoms with E-state index in [-0.39, 0.29) is 0 Å². The standard InChI is InChI=1S/C9H18N4S2.C7H16N4S2/c14-9-6-12(11-13(15)7-9)10-8-4-2-1-3-5-8;1-3-9(4-2)10-5-7(12)6-11(13)8-10/h6,8,10-11,14-15H,1-5,7H2;5,8,12-13H,3-4,6H2,1-2H3. The Labute approximate surface area is 191 Å². The lowest BCUT2D eigenvalue weighted by atomic mass is 9.96. The van der Waals surface area contributed by atoms with Crippen LogP contribution in [0.5, 0.6) is 0 Å². The summed E-state index contributed by atoms with van der Waals surface area (Å²) in [4.78, 5) is 1.98. The Morgan fingerprint density at radius 3 is 2.07 bits per heavy atom. The molecule has 3 rings (SSSR count). The average molecular weight is 467 g/mol.